The van der Waals surface area contributed by atoms with Crippen molar-refractivity contribution in [1.29, 1.82) is 0 Å². The minimum absolute atomic E-state index is 0. The molecule has 0 radical (unpaired) electrons. The molecule has 1 aromatic rings. The Bertz CT molecular complexity index is 306. The lowest BCUT2D eigenvalue weighted by Gasteiger charge is -2.29. The van der Waals surface area contributed by atoms with E-state index in [0.29, 0.717) is 0 Å². The fourth-order valence-electron chi connectivity index (χ4n) is 2.11. The van der Waals surface area contributed by atoms with Crippen LogP contribution in [0, 0.1) is 0 Å². The van der Waals surface area contributed by atoms with Crippen LogP contribution in [0.3, 0.4) is 0 Å². The van der Waals surface area contributed by atoms with E-state index in [1.54, 1.807) is 0 Å². The molecule has 1 aliphatic heterocycles. The number of benzene rings is 1. The lowest BCUT2D eigenvalue weighted by atomic mass is 10.1. The number of rotatable bonds is 2. The summed E-state index contributed by atoms with van der Waals surface area (Å²) in [5.74, 6) is 0. The van der Waals surface area contributed by atoms with E-state index in [2.05, 4.69) is 48.2 Å². The van der Waals surface area contributed by atoms with Crippen molar-refractivity contribution in [2.75, 3.05) is 37.0 Å². The van der Waals surface area contributed by atoms with E-state index in [1.165, 1.54) is 43.7 Å². The molecule has 1 heterocycles. The molecule has 1 aromatic carbocycles. The van der Waals surface area contributed by atoms with E-state index >= 15 is 0 Å². The first-order valence-corrected chi connectivity index (χ1v) is 5.80. The average molecular weight is 277 g/mol. The van der Waals surface area contributed by atoms with Gasteiger partial charge in [0.05, 0.1) is 0 Å². The van der Waals surface area contributed by atoms with Crippen molar-refractivity contribution in [1.82, 2.24) is 0 Å². The van der Waals surface area contributed by atoms with Crippen LogP contribution in [0.1, 0.15) is 19.3 Å². The van der Waals surface area contributed by atoms with E-state index in [9.17, 15) is 0 Å². The van der Waals surface area contributed by atoms with Gasteiger partial charge in [0.2, 0.25) is 0 Å². The minimum atomic E-state index is 0. The predicted octanol–water partition coefficient (Wildman–Crippen LogP) is 3.59. The molecule has 0 spiro atoms. The average Bonchev–Trinajstić information content (AvgIpc) is 2.30. The third kappa shape index (κ3) is 4.29. The summed E-state index contributed by atoms with van der Waals surface area (Å²) in [5, 5.41) is 0. The van der Waals surface area contributed by atoms with Crippen LogP contribution in [0.4, 0.5) is 11.4 Å². The Labute approximate surface area is 117 Å². The lowest BCUT2D eigenvalue weighted by Crippen LogP contribution is -2.29. The van der Waals surface area contributed by atoms with Crippen LogP contribution in [0.5, 0.6) is 0 Å². The zero-order valence-electron chi connectivity index (χ0n) is 10.6. The Kier molecular flexibility index (Phi) is 7.40. The normalized spacial score (nSPS) is 14.6. The van der Waals surface area contributed by atoms with Crippen LogP contribution in [-0.2, 0) is 0 Å². The van der Waals surface area contributed by atoms with E-state index in [-0.39, 0.29) is 24.8 Å². The molecular formula is C13H22Cl2N2. The second kappa shape index (κ2) is 7.67. The number of halogens is 2. The van der Waals surface area contributed by atoms with Gasteiger partial charge in [0.25, 0.3) is 0 Å². The van der Waals surface area contributed by atoms with Gasteiger partial charge in [0.1, 0.15) is 0 Å². The molecular weight excluding hydrogens is 255 g/mol. The second-order valence-electron chi connectivity index (χ2n) is 4.46. The van der Waals surface area contributed by atoms with Crippen LogP contribution in [-0.4, -0.2) is 27.2 Å². The first-order valence-electron chi connectivity index (χ1n) is 5.80. The van der Waals surface area contributed by atoms with Crippen molar-refractivity contribution in [2.24, 2.45) is 0 Å². The molecule has 98 valence electrons. The van der Waals surface area contributed by atoms with E-state index in [4.69, 9.17) is 0 Å². The first kappa shape index (κ1) is 16.4. The zero-order valence-corrected chi connectivity index (χ0v) is 12.2. The molecule has 1 aliphatic rings. The Balaban J connectivity index is 0.00000128. The molecule has 0 amide bonds. The second-order valence-corrected chi connectivity index (χ2v) is 4.46. The standard InChI is InChI=1S/C13H20N2.2ClH/c1-14(2)12-6-8-13(9-7-12)15-10-4-3-5-11-15;;/h6-9H,3-5,10-11H2,1-2H3;2*1H. The minimum Gasteiger partial charge on any atom is -0.378 e. The maximum atomic E-state index is 2.49. The van der Waals surface area contributed by atoms with Crippen LogP contribution >= 0.6 is 24.8 Å². The van der Waals surface area contributed by atoms with Crippen molar-refractivity contribution in [3.05, 3.63) is 24.3 Å². The molecule has 2 nitrogen and oxygen atoms in total. The summed E-state index contributed by atoms with van der Waals surface area (Å²) in [6.45, 7) is 2.45. The van der Waals surface area contributed by atoms with Crippen molar-refractivity contribution < 1.29 is 0 Å². The number of anilines is 2. The van der Waals surface area contributed by atoms with Crippen molar-refractivity contribution in [3.63, 3.8) is 0 Å². The third-order valence-electron chi connectivity index (χ3n) is 3.09. The smallest absolute Gasteiger partial charge is 0.0367 e. The molecule has 0 aliphatic carbocycles. The van der Waals surface area contributed by atoms with Gasteiger partial charge in [-0.25, -0.2) is 0 Å². The van der Waals surface area contributed by atoms with E-state index < -0.39 is 0 Å². The zero-order chi connectivity index (χ0) is 10.7. The Morgan fingerprint density at radius 2 is 1.41 bits per heavy atom. The van der Waals surface area contributed by atoms with Crippen LogP contribution in [0.2, 0.25) is 0 Å². The summed E-state index contributed by atoms with van der Waals surface area (Å²) < 4.78 is 0. The van der Waals surface area contributed by atoms with Gasteiger partial charge < -0.3 is 9.80 Å². The number of hydrogen-bond acceptors (Lipinski definition) is 2. The van der Waals surface area contributed by atoms with Crippen molar-refractivity contribution >= 4 is 36.2 Å². The maximum Gasteiger partial charge on any atom is 0.0367 e. The number of hydrogen-bond donors (Lipinski definition) is 0. The Morgan fingerprint density at radius 3 is 1.88 bits per heavy atom. The molecule has 1 saturated heterocycles. The molecule has 2 rings (SSSR count). The van der Waals surface area contributed by atoms with Crippen molar-refractivity contribution in [3.8, 4) is 0 Å². The SMILES string of the molecule is CN(C)c1ccc(N2CCCCC2)cc1.Cl.Cl. The highest BCUT2D eigenvalue weighted by Crippen LogP contribution is 2.22. The molecule has 0 bridgehead atoms. The van der Waals surface area contributed by atoms with Gasteiger partial charge in [-0.15, -0.1) is 24.8 Å². The van der Waals surface area contributed by atoms with Gasteiger partial charge in [-0.1, -0.05) is 0 Å². The summed E-state index contributed by atoms with van der Waals surface area (Å²) in [6.07, 6.45) is 4.08. The summed E-state index contributed by atoms with van der Waals surface area (Å²) in [6, 6.07) is 8.87. The monoisotopic (exact) mass is 276 g/mol. The molecule has 0 unspecified atom stereocenters. The van der Waals surface area contributed by atoms with Gasteiger partial charge in [-0.2, -0.15) is 0 Å². The quantitative estimate of drug-likeness (QED) is 0.815. The van der Waals surface area contributed by atoms with Gasteiger partial charge in [0, 0.05) is 38.6 Å². The van der Waals surface area contributed by atoms with Crippen LogP contribution in [0.15, 0.2) is 24.3 Å². The van der Waals surface area contributed by atoms with E-state index in [1.807, 2.05) is 0 Å². The lowest BCUT2D eigenvalue weighted by molar-refractivity contribution is 0.578. The van der Waals surface area contributed by atoms with Crippen molar-refractivity contribution in [2.45, 2.75) is 19.3 Å². The highest BCUT2D eigenvalue weighted by Gasteiger charge is 2.10. The summed E-state index contributed by atoms with van der Waals surface area (Å²) >= 11 is 0. The summed E-state index contributed by atoms with van der Waals surface area (Å²) in [5.41, 5.74) is 2.65. The molecule has 1 fully saturated rings. The third-order valence-corrected chi connectivity index (χ3v) is 3.09. The molecule has 0 N–H and O–H groups in total. The van der Waals surface area contributed by atoms with Gasteiger partial charge in [-0.05, 0) is 43.5 Å². The molecule has 17 heavy (non-hydrogen) atoms. The van der Waals surface area contributed by atoms with Gasteiger partial charge >= 0.3 is 0 Å². The maximum absolute atomic E-state index is 2.49. The highest BCUT2D eigenvalue weighted by molar-refractivity contribution is 5.85. The molecule has 0 atom stereocenters. The predicted molar refractivity (Wildman–Crippen MR) is 81.3 cm³/mol. The molecule has 0 saturated carbocycles. The molecule has 0 aromatic heterocycles. The van der Waals surface area contributed by atoms with E-state index in [0.717, 1.165) is 0 Å². The topological polar surface area (TPSA) is 6.48 Å². The van der Waals surface area contributed by atoms with Gasteiger partial charge in [0.15, 0.2) is 0 Å². The number of nitrogens with zero attached hydrogens (tertiary/aromatic N) is 2. The van der Waals surface area contributed by atoms with Crippen LogP contribution in [0.25, 0.3) is 0 Å². The fourth-order valence-corrected chi connectivity index (χ4v) is 2.11. The first-order chi connectivity index (χ1) is 7.27. The fraction of sp³-hybridized carbons (Fsp3) is 0.538. The molecule has 4 heteroatoms. The Hall–Kier alpha value is -0.600. The summed E-state index contributed by atoms with van der Waals surface area (Å²) in [4.78, 5) is 4.63. The Morgan fingerprint density at radius 1 is 0.882 bits per heavy atom. The number of piperidine rings is 1. The summed E-state index contributed by atoms with van der Waals surface area (Å²) in [7, 11) is 4.16. The largest absolute Gasteiger partial charge is 0.378 e. The highest BCUT2D eigenvalue weighted by atomic mass is 35.5. The van der Waals surface area contributed by atoms with Crippen LogP contribution < -0.4 is 9.80 Å². The van der Waals surface area contributed by atoms with Gasteiger partial charge in [-0.3, -0.25) is 0 Å².